The van der Waals surface area contributed by atoms with Gasteiger partial charge in [-0.2, -0.15) is 0 Å². The summed E-state index contributed by atoms with van der Waals surface area (Å²) in [6, 6.07) is 10.1. The van der Waals surface area contributed by atoms with Gasteiger partial charge in [0.2, 0.25) is 0 Å². The number of carbonyl (C=O) groups is 1. The van der Waals surface area contributed by atoms with Gasteiger partial charge in [-0.15, -0.1) is 0 Å². The third-order valence-electron chi connectivity index (χ3n) is 3.04. The summed E-state index contributed by atoms with van der Waals surface area (Å²) in [7, 11) is 0. The molecular formula is C13H16NO2. The highest BCUT2D eigenvalue weighted by Gasteiger charge is 2.26. The molecule has 0 aliphatic carbocycles. The number of benzene rings is 1. The molecule has 1 heterocycles. The smallest absolute Gasteiger partial charge is 0.254 e. The lowest BCUT2D eigenvalue weighted by molar-refractivity contribution is 0.0502. The molecule has 1 radical (unpaired) electrons. The van der Waals surface area contributed by atoms with Gasteiger partial charge in [-0.25, -0.2) is 0 Å². The zero-order valence-electron chi connectivity index (χ0n) is 9.22. The molecule has 1 aromatic carbocycles. The SMILES string of the molecule is O=C(c1[c]cccc1)N1CCCC[C@H]1CO. The molecule has 3 heteroatoms. The molecule has 1 aliphatic rings. The van der Waals surface area contributed by atoms with Crippen molar-refractivity contribution < 1.29 is 9.90 Å². The minimum atomic E-state index is -0.0187. The van der Waals surface area contributed by atoms with E-state index in [0.29, 0.717) is 5.56 Å². The summed E-state index contributed by atoms with van der Waals surface area (Å²) >= 11 is 0. The molecule has 0 spiro atoms. The predicted octanol–water partition coefficient (Wildman–Crippen LogP) is 1.47. The van der Waals surface area contributed by atoms with E-state index >= 15 is 0 Å². The lowest BCUT2D eigenvalue weighted by Gasteiger charge is -2.34. The number of hydrogen-bond acceptors (Lipinski definition) is 2. The monoisotopic (exact) mass is 218 g/mol. The molecule has 1 atom stereocenters. The summed E-state index contributed by atoms with van der Waals surface area (Å²) in [4.78, 5) is 13.9. The van der Waals surface area contributed by atoms with Gasteiger partial charge in [0.25, 0.3) is 5.91 Å². The minimum absolute atomic E-state index is 0.0145. The van der Waals surface area contributed by atoms with Gasteiger partial charge in [-0.3, -0.25) is 4.79 Å². The molecule has 1 aromatic rings. The van der Waals surface area contributed by atoms with E-state index in [4.69, 9.17) is 0 Å². The van der Waals surface area contributed by atoms with Crippen LogP contribution in [0, 0.1) is 6.07 Å². The summed E-state index contributed by atoms with van der Waals surface area (Å²) in [5.74, 6) is -0.0145. The van der Waals surface area contributed by atoms with Crippen LogP contribution in [0.15, 0.2) is 24.3 Å². The van der Waals surface area contributed by atoms with Crippen LogP contribution in [0.25, 0.3) is 0 Å². The van der Waals surface area contributed by atoms with Gasteiger partial charge in [0.1, 0.15) is 0 Å². The Morgan fingerprint density at radius 1 is 1.50 bits per heavy atom. The van der Waals surface area contributed by atoms with Crippen LogP contribution in [-0.2, 0) is 0 Å². The molecule has 1 N–H and O–H groups in total. The second-order valence-corrected chi connectivity index (χ2v) is 4.11. The van der Waals surface area contributed by atoms with E-state index in [1.807, 2.05) is 12.1 Å². The van der Waals surface area contributed by atoms with Crippen molar-refractivity contribution in [2.24, 2.45) is 0 Å². The Balaban J connectivity index is 2.14. The molecule has 0 unspecified atom stereocenters. The summed E-state index contributed by atoms with van der Waals surface area (Å²) in [6.45, 7) is 0.797. The van der Waals surface area contributed by atoms with E-state index in [1.54, 1.807) is 17.0 Å². The van der Waals surface area contributed by atoms with Crippen LogP contribution in [0.2, 0.25) is 0 Å². The Kier molecular flexibility index (Phi) is 3.57. The van der Waals surface area contributed by atoms with Crippen LogP contribution in [0.4, 0.5) is 0 Å². The fourth-order valence-corrected chi connectivity index (χ4v) is 2.14. The van der Waals surface area contributed by atoms with E-state index in [9.17, 15) is 9.90 Å². The van der Waals surface area contributed by atoms with Crippen LogP contribution < -0.4 is 0 Å². The standard InChI is InChI=1S/C13H16NO2/c15-10-12-8-4-5-9-14(12)13(16)11-6-2-1-3-7-11/h1-3,6,12,15H,4-5,8-10H2/t12-/m0/s1. The lowest BCUT2D eigenvalue weighted by atomic mass is 10.0. The zero-order chi connectivity index (χ0) is 11.4. The van der Waals surface area contributed by atoms with Crippen molar-refractivity contribution in [2.75, 3.05) is 13.2 Å². The molecule has 3 nitrogen and oxygen atoms in total. The minimum Gasteiger partial charge on any atom is -0.394 e. The number of piperidine rings is 1. The van der Waals surface area contributed by atoms with Crippen LogP contribution in [0.1, 0.15) is 29.6 Å². The first-order valence-corrected chi connectivity index (χ1v) is 5.71. The normalized spacial score (nSPS) is 20.8. The van der Waals surface area contributed by atoms with Crippen molar-refractivity contribution in [1.29, 1.82) is 0 Å². The molecule has 1 aliphatic heterocycles. The van der Waals surface area contributed by atoms with Crippen molar-refractivity contribution in [3.8, 4) is 0 Å². The molecule has 1 saturated heterocycles. The van der Waals surface area contributed by atoms with Gasteiger partial charge >= 0.3 is 0 Å². The van der Waals surface area contributed by atoms with E-state index in [2.05, 4.69) is 6.07 Å². The number of aliphatic hydroxyl groups is 1. The summed E-state index contributed by atoms with van der Waals surface area (Å²) in [5, 5.41) is 9.25. The molecular weight excluding hydrogens is 202 g/mol. The van der Waals surface area contributed by atoms with Gasteiger partial charge in [0.15, 0.2) is 0 Å². The largest absolute Gasteiger partial charge is 0.394 e. The van der Waals surface area contributed by atoms with Gasteiger partial charge < -0.3 is 10.0 Å². The Hall–Kier alpha value is -1.35. The second-order valence-electron chi connectivity index (χ2n) is 4.11. The third-order valence-corrected chi connectivity index (χ3v) is 3.04. The van der Waals surface area contributed by atoms with E-state index in [-0.39, 0.29) is 18.6 Å². The summed E-state index contributed by atoms with van der Waals surface area (Å²) in [5.41, 5.74) is 0.586. The molecule has 0 bridgehead atoms. The van der Waals surface area contributed by atoms with Crippen molar-refractivity contribution in [3.63, 3.8) is 0 Å². The third kappa shape index (κ3) is 2.25. The Labute approximate surface area is 95.7 Å². The first-order chi connectivity index (χ1) is 7.83. The zero-order valence-corrected chi connectivity index (χ0v) is 9.22. The second kappa shape index (κ2) is 5.12. The molecule has 85 valence electrons. The number of carbonyl (C=O) groups excluding carboxylic acids is 1. The summed E-state index contributed by atoms with van der Waals surface area (Å²) in [6.07, 6.45) is 3.01. The first-order valence-electron chi connectivity index (χ1n) is 5.71. The van der Waals surface area contributed by atoms with Crippen molar-refractivity contribution in [2.45, 2.75) is 25.3 Å². The number of amides is 1. The number of aliphatic hydroxyl groups excluding tert-OH is 1. The molecule has 0 saturated carbocycles. The van der Waals surface area contributed by atoms with Crippen LogP contribution in [0.5, 0.6) is 0 Å². The van der Waals surface area contributed by atoms with Gasteiger partial charge in [0.05, 0.1) is 12.6 Å². The van der Waals surface area contributed by atoms with Crippen molar-refractivity contribution >= 4 is 5.91 Å². The van der Waals surface area contributed by atoms with Crippen LogP contribution in [-0.4, -0.2) is 35.1 Å². The predicted molar refractivity (Wildman–Crippen MR) is 61.0 cm³/mol. The highest BCUT2D eigenvalue weighted by atomic mass is 16.3. The maximum absolute atomic E-state index is 12.2. The topological polar surface area (TPSA) is 40.5 Å². The Bertz CT molecular complexity index is 350. The fourth-order valence-electron chi connectivity index (χ4n) is 2.14. The molecule has 1 fully saturated rings. The van der Waals surface area contributed by atoms with Crippen LogP contribution >= 0.6 is 0 Å². The maximum atomic E-state index is 12.2. The van der Waals surface area contributed by atoms with Gasteiger partial charge in [-0.1, -0.05) is 18.2 Å². The number of rotatable bonds is 2. The van der Waals surface area contributed by atoms with E-state index in [0.717, 1.165) is 25.8 Å². The molecule has 1 amide bonds. The average Bonchev–Trinajstić information content (AvgIpc) is 2.39. The fraction of sp³-hybridized carbons (Fsp3) is 0.462. The highest BCUT2D eigenvalue weighted by molar-refractivity contribution is 5.94. The van der Waals surface area contributed by atoms with Gasteiger partial charge in [0, 0.05) is 12.1 Å². The van der Waals surface area contributed by atoms with E-state index < -0.39 is 0 Å². The van der Waals surface area contributed by atoms with Crippen LogP contribution in [0.3, 0.4) is 0 Å². The number of likely N-dealkylation sites (tertiary alicyclic amines) is 1. The quantitative estimate of drug-likeness (QED) is 0.816. The van der Waals surface area contributed by atoms with Crippen molar-refractivity contribution in [1.82, 2.24) is 4.90 Å². The average molecular weight is 218 g/mol. The molecule has 16 heavy (non-hydrogen) atoms. The number of hydrogen-bond donors (Lipinski definition) is 1. The Morgan fingerprint density at radius 3 is 3.06 bits per heavy atom. The molecule has 0 aromatic heterocycles. The van der Waals surface area contributed by atoms with E-state index in [1.165, 1.54) is 0 Å². The molecule has 2 rings (SSSR count). The van der Waals surface area contributed by atoms with Crippen molar-refractivity contribution in [3.05, 3.63) is 35.9 Å². The maximum Gasteiger partial charge on any atom is 0.254 e. The summed E-state index contributed by atoms with van der Waals surface area (Å²) < 4.78 is 0. The lowest BCUT2D eigenvalue weighted by Crippen LogP contribution is -2.45. The highest BCUT2D eigenvalue weighted by Crippen LogP contribution is 2.19. The number of nitrogens with zero attached hydrogens (tertiary/aromatic N) is 1. The first kappa shape index (κ1) is 11.1. The van der Waals surface area contributed by atoms with Gasteiger partial charge in [-0.05, 0) is 31.4 Å². The Morgan fingerprint density at radius 2 is 2.38 bits per heavy atom.